The van der Waals surface area contributed by atoms with Crippen molar-refractivity contribution in [1.29, 1.82) is 0 Å². The zero-order valence-corrected chi connectivity index (χ0v) is 6.67. The zero-order chi connectivity index (χ0) is 9.14. The normalized spacial score (nSPS) is 9.92. The second-order valence-corrected chi connectivity index (χ2v) is 2.58. The molecule has 1 aromatic carbocycles. The maximum atomic E-state index is 12.9. The molecule has 2 nitrogen and oxygen atoms in total. The average Bonchev–Trinajstić information content (AvgIpc) is 2.09. The molecular formula is C9H9FO2. The van der Waals surface area contributed by atoms with Crippen molar-refractivity contribution in [3.63, 3.8) is 0 Å². The highest BCUT2D eigenvalue weighted by atomic mass is 19.1. The van der Waals surface area contributed by atoms with E-state index < -0.39 is 5.82 Å². The molecule has 0 aliphatic rings. The van der Waals surface area contributed by atoms with Crippen molar-refractivity contribution >= 4 is 6.29 Å². The van der Waals surface area contributed by atoms with Gasteiger partial charge in [0.2, 0.25) is 0 Å². The summed E-state index contributed by atoms with van der Waals surface area (Å²) in [7, 11) is 0. The van der Waals surface area contributed by atoms with Gasteiger partial charge in [0.1, 0.15) is 12.1 Å². The molecule has 0 heterocycles. The van der Waals surface area contributed by atoms with Crippen molar-refractivity contribution in [3.05, 3.63) is 34.6 Å². The lowest BCUT2D eigenvalue weighted by Gasteiger charge is -2.03. The van der Waals surface area contributed by atoms with Gasteiger partial charge >= 0.3 is 0 Å². The van der Waals surface area contributed by atoms with Crippen LogP contribution in [0.5, 0.6) is 0 Å². The highest BCUT2D eigenvalue weighted by Crippen LogP contribution is 2.13. The number of aliphatic hydroxyl groups is 1. The number of hydrogen-bond donors (Lipinski definition) is 1. The second-order valence-electron chi connectivity index (χ2n) is 2.58. The molecule has 1 aromatic rings. The first-order chi connectivity index (χ1) is 5.69. The van der Waals surface area contributed by atoms with E-state index in [0.29, 0.717) is 23.0 Å². The van der Waals surface area contributed by atoms with Gasteiger partial charge in [-0.1, -0.05) is 0 Å². The number of hydrogen-bond acceptors (Lipinski definition) is 2. The summed E-state index contributed by atoms with van der Waals surface area (Å²) in [4.78, 5) is 10.4. The molecule has 0 atom stereocenters. The average molecular weight is 168 g/mol. The van der Waals surface area contributed by atoms with Crippen LogP contribution < -0.4 is 0 Å². The Hall–Kier alpha value is -1.22. The standard InChI is InChI=1S/C9H9FO2/c1-6-2-7(4-11)8(5-12)3-9(6)10/h2-4,12H,5H2,1H3. The van der Waals surface area contributed by atoms with Crippen LogP contribution in [0.25, 0.3) is 0 Å². The molecule has 0 saturated heterocycles. The smallest absolute Gasteiger partial charge is 0.150 e. The molecule has 0 bridgehead atoms. The third kappa shape index (κ3) is 1.51. The Balaban J connectivity index is 3.28. The van der Waals surface area contributed by atoms with Gasteiger partial charge in [-0.3, -0.25) is 4.79 Å². The number of aryl methyl sites for hydroxylation is 1. The fourth-order valence-electron chi connectivity index (χ4n) is 0.992. The van der Waals surface area contributed by atoms with Gasteiger partial charge in [0, 0.05) is 5.56 Å². The molecule has 1 rings (SSSR count). The Morgan fingerprint density at radius 2 is 2.25 bits per heavy atom. The molecule has 0 fully saturated rings. The number of benzene rings is 1. The highest BCUT2D eigenvalue weighted by molar-refractivity contribution is 5.77. The molecule has 0 amide bonds. The predicted octanol–water partition coefficient (Wildman–Crippen LogP) is 1.44. The van der Waals surface area contributed by atoms with Crippen molar-refractivity contribution in [1.82, 2.24) is 0 Å². The van der Waals surface area contributed by atoms with Crippen LogP contribution in [-0.4, -0.2) is 11.4 Å². The fourth-order valence-corrected chi connectivity index (χ4v) is 0.992. The Kier molecular flexibility index (Phi) is 2.55. The molecule has 0 aliphatic heterocycles. The van der Waals surface area contributed by atoms with Gasteiger partial charge in [-0.15, -0.1) is 0 Å². The van der Waals surface area contributed by atoms with Gasteiger partial charge in [-0.25, -0.2) is 4.39 Å². The lowest BCUT2D eigenvalue weighted by Crippen LogP contribution is -1.95. The summed E-state index contributed by atoms with van der Waals surface area (Å²) >= 11 is 0. The van der Waals surface area contributed by atoms with E-state index in [9.17, 15) is 9.18 Å². The van der Waals surface area contributed by atoms with Gasteiger partial charge in [0.15, 0.2) is 0 Å². The summed E-state index contributed by atoms with van der Waals surface area (Å²) in [5.41, 5.74) is 1.08. The molecule has 0 aliphatic carbocycles. The quantitative estimate of drug-likeness (QED) is 0.678. The molecule has 0 unspecified atom stereocenters. The Morgan fingerprint density at radius 1 is 1.58 bits per heavy atom. The monoisotopic (exact) mass is 168 g/mol. The number of carbonyl (C=O) groups is 1. The zero-order valence-electron chi connectivity index (χ0n) is 6.67. The third-order valence-corrected chi connectivity index (χ3v) is 1.72. The van der Waals surface area contributed by atoms with E-state index in [-0.39, 0.29) is 6.61 Å². The van der Waals surface area contributed by atoms with E-state index in [4.69, 9.17) is 5.11 Å². The molecule has 0 saturated carbocycles. The maximum absolute atomic E-state index is 12.9. The molecule has 0 aromatic heterocycles. The van der Waals surface area contributed by atoms with Crippen LogP contribution in [0.3, 0.4) is 0 Å². The Labute approximate surface area is 69.6 Å². The lowest BCUT2D eigenvalue weighted by atomic mass is 10.1. The van der Waals surface area contributed by atoms with Crippen molar-refractivity contribution < 1.29 is 14.3 Å². The molecule has 12 heavy (non-hydrogen) atoms. The van der Waals surface area contributed by atoms with Gasteiger partial charge < -0.3 is 5.11 Å². The van der Waals surface area contributed by atoms with Gasteiger partial charge in [0.05, 0.1) is 6.61 Å². The first-order valence-corrected chi connectivity index (χ1v) is 3.54. The van der Waals surface area contributed by atoms with Crippen molar-refractivity contribution in [2.45, 2.75) is 13.5 Å². The van der Waals surface area contributed by atoms with Crippen molar-refractivity contribution in [2.24, 2.45) is 0 Å². The van der Waals surface area contributed by atoms with Crippen LogP contribution in [0.2, 0.25) is 0 Å². The SMILES string of the molecule is Cc1cc(C=O)c(CO)cc1F. The molecule has 3 heteroatoms. The molecule has 0 spiro atoms. The van der Waals surface area contributed by atoms with Gasteiger partial charge in [-0.05, 0) is 30.2 Å². The van der Waals surface area contributed by atoms with E-state index >= 15 is 0 Å². The Morgan fingerprint density at radius 3 is 2.75 bits per heavy atom. The Bertz CT molecular complexity index is 308. The number of carbonyl (C=O) groups excluding carboxylic acids is 1. The van der Waals surface area contributed by atoms with E-state index in [2.05, 4.69) is 0 Å². The number of aldehydes is 1. The van der Waals surface area contributed by atoms with Crippen molar-refractivity contribution in [3.8, 4) is 0 Å². The summed E-state index contributed by atoms with van der Waals surface area (Å²) in [5.74, 6) is -0.398. The first kappa shape index (κ1) is 8.87. The van der Waals surface area contributed by atoms with Gasteiger partial charge in [0.25, 0.3) is 0 Å². The predicted molar refractivity (Wildman–Crippen MR) is 42.4 cm³/mol. The minimum Gasteiger partial charge on any atom is -0.392 e. The minimum atomic E-state index is -0.398. The van der Waals surface area contributed by atoms with E-state index in [1.165, 1.54) is 12.1 Å². The number of rotatable bonds is 2. The van der Waals surface area contributed by atoms with Crippen LogP contribution in [0.1, 0.15) is 21.5 Å². The van der Waals surface area contributed by atoms with Gasteiger partial charge in [-0.2, -0.15) is 0 Å². The second kappa shape index (κ2) is 3.45. The van der Waals surface area contributed by atoms with E-state index in [1.54, 1.807) is 6.92 Å². The largest absolute Gasteiger partial charge is 0.392 e. The van der Waals surface area contributed by atoms with Crippen LogP contribution in [0, 0.1) is 12.7 Å². The van der Waals surface area contributed by atoms with Crippen LogP contribution in [-0.2, 0) is 6.61 Å². The summed E-state index contributed by atoms with van der Waals surface area (Å²) in [6.45, 7) is 1.26. The van der Waals surface area contributed by atoms with Crippen LogP contribution >= 0.6 is 0 Å². The molecule has 64 valence electrons. The first-order valence-electron chi connectivity index (χ1n) is 3.54. The van der Waals surface area contributed by atoms with E-state index in [1.807, 2.05) is 0 Å². The molecular weight excluding hydrogens is 159 g/mol. The molecule has 1 N–H and O–H groups in total. The number of halogens is 1. The third-order valence-electron chi connectivity index (χ3n) is 1.72. The minimum absolute atomic E-state index is 0.314. The summed E-state index contributed by atoms with van der Waals surface area (Å²) < 4.78 is 12.9. The topological polar surface area (TPSA) is 37.3 Å². The van der Waals surface area contributed by atoms with Crippen LogP contribution in [0.4, 0.5) is 4.39 Å². The van der Waals surface area contributed by atoms with E-state index in [0.717, 1.165) is 0 Å². The molecule has 0 radical (unpaired) electrons. The van der Waals surface area contributed by atoms with Crippen molar-refractivity contribution in [2.75, 3.05) is 0 Å². The summed E-state index contributed by atoms with van der Waals surface area (Å²) in [5, 5.41) is 8.74. The number of aliphatic hydroxyl groups excluding tert-OH is 1. The summed E-state index contributed by atoms with van der Waals surface area (Å²) in [6.07, 6.45) is 0.609. The summed E-state index contributed by atoms with van der Waals surface area (Å²) in [6, 6.07) is 2.60. The lowest BCUT2D eigenvalue weighted by molar-refractivity contribution is 0.112. The maximum Gasteiger partial charge on any atom is 0.150 e. The fraction of sp³-hybridized carbons (Fsp3) is 0.222. The highest BCUT2D eigenvalue weighted by Gasteiger charge is 2.04. The van der Waals surface area contributed by atoms with Crippen LogP contribution in [0.15, 0.2) is 12.1 Å².